The van der Waals surface area contributed by atoms with Crippen LogP contribution in [0.4, 0.5) is 0 Å². The maximum absolute atomic E-state index is 12.3. The number of hydrogen-bond acceptors (Lipinski definition) is 2. The van der Waals surface area contributed by atoms with Crippen molar-refractivity contribution in [1.29, 1.82) is 0 Å². The minimum absolute atomic E-state index is 0.142. The molecule has 90 valence electrons. The van der Waals surface area contributed by atoms with Crippen molar-refractivity contribution in [2.75, 3.05) is 0 Å². The molecule has 0 unspecified atom stereocenters. The largest absolute Gasteiger partial charge is 0.458 e. The zero-order valence-electron chi connectivity index (χ0n) is 9.66. The number of benzene rings is 1. The fourth-order valence-electron chi connectivity index (χ4n) is 1.99. The predicted octanol–water partition coefficient (Wildman–Crippen LogP) is 3.95. The van der Waals surface area contributed by atoms with Crippen LogP contribution >= 0.6 is 11.6 Å². The number of hydrogen-bond donors (Lipinski definition) is 1. The lowest BCUT2D eigenvalue weighted by Crippen LogP contribution is -1.98. The number of aryl methyl sites for hydroxylation is 1. The van der Waals surface area contributed by atoms with Crippen molar-refractivity contribution in [2.45, 2.75) is 6.92 Å². The van der Waals surface area contributed by atoms with Gasteiger partial charge in [-0.25, -0.2) is 0 Å². The van der Waals surface area contributed by atoms with E-state index in [4.69, 9.17) is 16.0 Å². The first kappa shape index (κ1) is 11.1. The Hall–Kier alpha value is -2.00. The van der Waals surface area contributed by atoms with Crippen molar-refractivity contribution < 1.29 is 9.21 Å². The molecule has 0 aliphatic heterocycles. The Morgan fingerprint density at radius 2 is 2.11 bits per heavy atom. The molecule has 1 aromatic carbocycles. The van der Waals surface area contributed by atoms with Crippen molar-refractivity contribution in [1.82, 2.24) is 4.98 Å². The number of halogens is 1. The summed E-state index contributed by atoms with van der Waals surface area (Å²) in [6, 6.07) is 8.92. The summed E-state index contributed by atoms with van der Waals surface area (Å²) in [5.74, 6) is 0.918. The lowest BCUT2D eigenvalue weighted by Gasteiger charge is -1.96. The molecule has 0 fully saturated rings. The summed E-state index contributed by atoms with van der Waals surface area (Å²) in [4.78, 5) is 15.3. The number of nitrogens with one attached hydrogen (secondary N) is 1. The Kier molecular flexibility index (Phi) is 2.49. The van der Waals surface area contributed by atoms with E-state index in [2.05, 4.69) is 4.98 Å². The summed E-state index contributed by atoms with van der Waals surface area (Å²) in [6.07, 6.45) is 1.66. The molecule has 0 aliphatic carbocycles. The number of aromatic amines is 1. The first-order valence-electron chi connectivity index (χ1n) is 5.53. The maximum atomic E-state index is 12.3. The highest BCUT2D eigenvalue weighted by molar-refractivity contribution is 6.35. The second-order valence-electron chi connectivity index (χ2n) is 4.10. The number of H-pyrrole nitrogens is 1. The average Bonchev–Trinajstić information content (AvgIpc) is 2.95. The molecule has 3 nitrogen and oxygen atoms in total. The van der Waals surface area contributed by atoms with Crippen LogP contribution in [-0.2, 0) is 0 Å². The summed E-state index contributed by atoms with van der Waals surface area (Å²) in [7, 11) is 0. The Labute approximate surface area is 108 Å². The molecule has 18 heavy (non-hydrogen) atoms. The monoisotopic (exact) mass is 259 g/mol. The SMILES string of the molecule is Cc1ccc(C(=O)c2c[nH]c3c(Cl)cccc23)o1. The van der Waals surface area contributed by atoms with Crippen LogP contribution in [0.3, 0.4) is 0 Å². The van der Waals surface area contributed by atoms with E-state index in [-0.39, 0.29) is 5.78 Å². The first-order chi connectivity index (χ1) is 8.66. The summed E-state index contributed by atoms with van der Waals surface area (Å²) in [5, 5.41) is 1.41. The van der Waals surface area contributed by atoms with Gasteiger partial charge in [0.2, 0.25) is 5.78 Å². The van der Waals surface area contributed by atoms with Gasteiger partial charge in [0.15, 0.2) is 5.76 Å². The van der Waals surface area contributed by atoms with Crippen LogP contribution in [0, 0.1) is 6.92 Å². The van der Waals surface area contributed by atoms with Crippen molar-refractivity contribution in [2.24, 2.45) is 0 Å². The number of aromatic nitrogens is 1. The highest BCUT2D eigenvalue weighted by atomic mass is 35.5. The van der Waals surface area contributed by atoms with Crippen LogP contribution < -0.4 is 0 Å². The van der Waals surface area contributed by atoms with Gasteiger partial charge in [0, 0.05) is 11.6 Å². The van der Waals surface area contributed by atoms with E-state index in [0.717, 1.165) is 16.7 Å². The van der Waals surface area contributed by atoms with Gasteiger partial charge < -0.3 is 9.40 Å². The zero-order chi connectivity index (χ0) is 12.7. The van der Waals surface area contributed by atoms with Gasteiger partial charge in [-0.3, -0.25) is 4.79 Å². The standard InChI is InChI=1S/C14H10ClNO2/c1-8-5-6-12(18-8)14(17)10-7-16-13-9(10)3-2-4-11(13)15/h2-7,16H,1H3. The van der Waals surface area contributed by atoms with Gasteiger partial charge in [0.1, 0.15) is 5.76 Å². The Bertz CT molecular complexity index is 739. The van der Waals surface area contributed by atoms with Crippen LogP contribution in [0.1, 0.15) is 21.9 Å². The topological polar surface area (TPSA) is 46.0 Å². The van der Waals surface area contributed by atoms with Gasteiger partial charge in [0.05, 0.1) is 16.1 Å². The Balaban J connectivity index is 2.15. The van der Waals surface area contributed by atoms with Crippen LogP contribution in [0.15, 0.2) is 40.9 Å². The van der Waals surface area contributed by atoms with Crippen molar-refractivity contribution in [3.8, 4) is 0 Å². The molecule has 1 N–H and O–H groups in total. The van der Waals surface area contributed by atoms with Gasteiger partial charge in [-0.15, -0.1) is 0 Å². The predicted molar refractivity (Wildman–Crippen MR) is 70.2 cm³/mol. The van der Waals surface area contributed by atoms with Crippen molar-refractivity contribution >= 4 is 28.3 Å². The molecule has 0 saturated heterocycles. The Morgan fingerprint density at radius 1 is 1.28 bits per heavy atom. The van der Waals surface area contributed by atoms with E-state index in [1.165, 1.54) is 0 Å². The summed E-state index contributed by atoms with van der Waals surface area (Å²) in [6.45, 7) is 1.81. The van der Waals surface area contributed by atoms with Gasteiger partial charge >= 0.3 is 0 Å². The lowest BCUT2D eigenvalue weighted by molar-refractivity contribution is 0.101. The van der Waals surface area contributed by atoms with E-state index in [0.29, 0.717) is 16.3 Å². The van der Waals surface area contributed by atoms with Crippen LogP contribution in [-0.4, -0.2) is 10.8 Å². The van der Waals surface area contributed by atoms with Gasteiger partial charge in [-0.2, -0.15) is 0 Å². The minimum Gasteiger partial charge on any atom is -0.458 e. The summed E-state index contributed by atoms with van der Waals surface area (Å²) in [5.41, 5.74) is 1.34. The van der Waals surface area contributed by atoms with E-state index >= 15 is 0 Å². The number of para-hydroxylation sites is 1. The minimum atomic E-state index is -0.142. The molecule has 0 amide bonds. The number of ketones is 1. The fraction of sp³-hybridized carbons (Fsp3) is 0.0714. The molecule has 2 heterocycles. The van der Waals surface area contributed by atoms with E-state index in [1.54, 1.807) is 24.4 Å². The molecule has 2 aromatic heterocycles. The second-order valence-corrected chi connectivity index (χ2v) is 4.51. The lowest BCUT2D eigenvalue weighted by atomic mass is 10.1. The van der Waals surface area contributed by atoms with Gasteiger partial charge in [-0.1, -0.05) is 23.7 Å². The number of carbonyl (C=O) groups excluding carboxylic acids is 1. The average molecular weight is 260 g/mol. The molecule has 0 atom stereocenters. The highest BCUT2D eigenvalue weighted by Crippen LogP contribution is 2.27. The smallest absolute Gasteiger partial charge is 0.230 e. The van der Waals surface area contributed by atoms with Crippen LogP contribution in [0.2, 0.25) is 5.02 Å². The summed E-state index contributed by atoms with van der Waals surface area (Å²) < 4.78 is 5.35. The molecule has 3 aromatic rings. The third-order valence-electron chi connectivity index (χ3n) is 2.87. The molecule has 4 heteroatoms. The molecule has 0 radical (unpaired) electrons. The molecule has 0 saturated carbocycles. The number of fused-ring (bicyclic) bond motifs is 1. The molecule has 0 aliphatic rings. The van der Waals surface area contributed by atoms with E-state index in [9.17, 15) is 4.79 Å². The van der Waals surface area contributed by atoms with Gasteiger partial charge in [-0.05, 0) is 25.1 Å². The van der Waals surface area contributed by atoms with Crippen molar-refractivity contribution in [3.63, 3.8) is 0 Å². The maximum Gasteiger partial charge on any atom is 0.230 e. The van der Waals surface area contributed by atoms with E-state index in [1.807, 2.05) is 19.1 Å². The molecular formula is C14H10ClNO2. The molecular weight excluding hydrogens is 250 g/mol. The second kappa shape index (κ2) is 4.03. The first-order valence-corrected chi connectivity index (χ1v) is 5.91. The molecule has 0 bridgehead atoms. The third kappa shape index (κ3) is 1.64. The number of rotatable bonds is 2. The van der Waals surface area contributed by atoms with Gasteiger partial charge in [0.25, 0.3) is 0 Å². The normalized spacial score (nSPS) is 11.0. The molecule has 3 rings (SSSR count). The molecule has 0 spiro atoms. The number of furan rings is 1. The highest BCUT2D eigenvalue weighted by Gasteiger charge is 2.17. The van der Waals surface area contributed by atoms with Crippen LogP contribution in [0.5, 0.6) is 0 Å². The zero-order valence-corrected chi connectivity index (χ0v) is 10.4. The third-order valence-corrected chi connectivity index (χ3v) is 3.19. The van der Waals surface area contributed by atoms with E-state index < -0.39 is 0 Å². The van der Waals surface area contributed by atoms with Crippen molar-refractivity contribution in [3.05, 3.63) is 58.6 Å². The van der Waals surface area contributed by atoms with Crippen LogP contribution in [0.25, 0.3) is 10.9 Å². The summed E-state index contributed by atoms with van der Waals surface area (Å²) >= 11 is 6.06. The number of carbonyl (C=O) groups is 1. The quantitative estimate of drug-likeness (QED) is 0.708. The fourth-order valence-corrected chi connectivity index (χ4v) is 2.22. The Morgan fingerprint density at radius 3 is 2.83 bits per heavy atom.